The Labute approximate surface area is 107 Å². The van der Waals surface area contributed by atoms with E-state index in [9.17, 15) is 4.79 Å². The molecule has 2 nitrogen and oxygen atoms in total. The van der Waals surface area contributed by atoms with E-state index in [2.05, 4.69) is 30.3 Å². The Morgan fingerprint density at radius 2 is 1.89 bits per heavy atom. The highest BCUT2D eigenvalue weighted by Gasteiger charge is 2.38. The molecule has 0 heterocycles. The zero-order valence-electron chi connectivity index (χ0n) is 10.4. The van der Waals surface area contributed by atoms with Crippen LogP contribution in [0.1, 0.15) is 24.3 Å². The van der Waals surface area contributed by atoms with Crippen molar-refractivity contribution in [1.29, 1.82) is 0 Å². The molecular weight excluding hydrogens is 224 g/mol. The van der Waals surface area contributed by atoms with Crippen LogP contribution < -0.4 is 0 Å². The summed E-state index contributed by atoms with van der Waals surface area (Å²) in [7, 11) is 1.47. The average Bonchev–Trinajstić information content (AvgIpc) is 3.23. The van der Waals surface area contributed by atoms with Crippen LogP contribution in [0.4, 0.5) is 0 Å². The number of esters is 1. The van der Waals surface area contributed by atoms with Crippen LogP contribution in [0, 0.1) is 5.92 Å². The van der Waals surface area contributed by atoms with E-state index in [-0.39, 0.29) is 11.9 Å². The molecule has 0 amide bonds. The number of benzene rings is 2. The maximum absolute atomic E-state index is 11.9. The minimum Gasteiger partial charge on any atom is -0.469 e. The van der Waals surface area contributed by atoms with Crippen molar-refractivity contribution in [2.45, 2.75) is 18.8 Å². The number of carbonyl (C=O) groups excluding carboxylic acids is 1. The predicted octanol–water partition coefficient (Wildman–Crippen LogP) is 3.51. The van der Waals surface area contributed by atoms with Crippen LogP contribution in [-0.2, 0) is 9.53 Å². The fourth-order valence-electron chi connectivity index (χ4n) is 2.56. The molecule has 2 aromatic carbocycles. The molecule has 18 heavy (non-hydrogen) atoms. The Morgan fingerprint density at radius 1 is 1.17 bits per heavy atom. The summed E-state index contributed by atoms with van der Waals surface area (Å²) in [6.07, 6.45) is 2.26. The number of hydrogen-bond donors (Lipinski definition) is 0. The molecule has 0 aromatic heterocycles. The number of carbonyl (C=O) groups is 1. The Morgan fingerprint density at radius 3 is 2.56 bits per heavy atom. The first kappa shape index (κ1) is 11.3. The molecule has 0 N–H and O–H groups in total. The summed E-state index contributed by atoms with van der Waals surface area (Å²) in [4.78, 5) is 11.9. The topological polar surface area (TPSA) is 26.3 Å². The van der Waals surface area contributed by atoms with Gasteiger partial charge in [0, 0.05) is 0 Å². The Kier molecular flexibility index (Phi) is 2.78. The Balaban J connectivity index is 2.03. The molecule has 0 aliphatic heterocycles. The molecule has 2 heteroatoms. The highest BCUT2D eigenvalue weighted by Crippen LogP contribution is 2.43. The molecular formula is C16H16O2. The predicted molar refractivity (Wildman–Crippen MR) is 71.4 cm³/mol. The van der Waals surface area contributed by atoms with Gasteiger partial charge in [-0.1, -0.05) is 42.5 Å². The highest BCUT2D eigenvalue weighted by molar-refractivity contribution is 5.86. The van der Waals surface area contributed by atoms with Gasteiger partial charge in [0.25, 0.3) is 0 Å². The third-order valence-corrected chi connectivity index (χ3v) is 3.68. The second-order valence-corrected chi connectivity index (χ2v) is 4.94. The fourth-order valence-corrected chi connectivity index (χ4v) is 2.56. The van der Waals surface area contributed by atoms with Crippen molar-refractivity contribution in [1.82, 2.24) is 0 Å². The molecule has 1 fully saturated rings. The largest absolute Gasteiger partial charge is 0.469 e. The van der Waals surface area contributed by atoms with Gasteiger partial charge in [0.1, 0.15) is 0 Å². The summed E-state index contributed by atoms with van der Waals surface area (Å²) in [5.74, 6) is 0.283. The van der Waals surface area contributed by atoms with Gasteiger partial charge in [-0.15, -0.1) is 0 Å². The molecule has 1 saturated carbocycles. The standard InChI is InChI=1S/C16H16O2/c1-18-16(17)15(12-7-8-12)14-9-6-11-4-2-3-5-13(11)10-14/h2-6,9-10,12,15H,7-8H2,1H3. The minimum absolute atomic E-state index is 0.0837. The van der Waals surface area contributed by atoms with Gasteiger partial charge in [-0.05, 0) is 35.1 Å². The molecule has 1 unspecified atom stereocenters. The van der Waals surface area contributed by atoms with Gasteiger partial charge in [0.2, 0.25) is 0 Å². The normalized spacial score (nSPS) is 16.5. The summed E-state index contributed by atoms with van der Waals surface area (Å²) in [6.45, 7) is 0. The van der Waals surface area contributed by atoms with E-state index in [1.165, 1.54) is 17.9 Å². The molecule has 1 atom stereocenters. The van der Waals surface area contributed by atoms with Gasteiger partial charge in [-0.2, -0.15) is 0 Å². The first-order valence-corrected chi connectivity index (χ1v) is 6.36. The van der Waals surface area contributed by atoms with Crippen molar-refractivity contribution in [2.24, 2.45) is 5.92 Å². The van der Waals surface area contributed by atoms with Crippen LogP contribution in [0.2, 0.25) is 0 Å². The average molecular weight is 240 g/mol. The zero-order chi connectivity index (χ0) is 12.5. The lowest BCUT2D eigenvalue weighted by Crippen LogP contribution is -2.16. The first-order chi connectivity index (χ1) is 8.79. The minimum atomic E-state index is -0.104. The van der Waals surface area contributed by atoms with Crippen LogP contribution in [0.3, 0.4) is 0 Å². The number of ether oxygens (including phenoxy) is 1. The Bertz CT molecular complexity index is 584. The van der Waals surface area contributed by atoms with Crippen molar-refractivity contribution >= 4 is 16.7 Å². The number of rotatable bonds is 3. The smallest absolute Gasteiger partial charge is 0.313 e. The summed E-state index contributed by atoms with van der Waals surface area (Å²) in [5, 5.41) is 2.39. The molecule has 2 aromatic rings. The second kappa shape index (κ2) is 4.45. The SMILES string of the molecule is COC(=O)C(c1ccc2ccccc2c1)C1CC1. The molecule has 0 radical (unpaired) electrons. The van der Waals surface area contributed by atoms with E-state index in [0.717, 1.165) is 18.4 Å². The molecule has 92 valence electrons. The summed E-state index contributed by atoms with van der Waals surface area (Å²) >= 11 is 0. The van der Waals surface area contributed by atoms with Crippen molar-refractivity contribution in [2.75, 3.05) is 7.11 Å². The van der Waals surface area contributed by atoms with Gasteiger partial charge < -0.3 is 4.74 Å². The van der Waals surface area contributed by atoms with E-state index < -0.39 is 0 Å². The van der Waals surface area contributed by atoms with Gasteiger partial charge in [0.15, 0.2) is 0 Å². The van der Waals surface area contributed by atoms with Gasteiger partial charge in [0.05, 0.1) is 13.0 Å². The number of fused-ring (bicyclic) bond motifs is 1. The maximum Gasteiger partial charge on any atom is 0.313 e. The highest BCUT2D eigenvalue weighted by atomic mass is 16.5. The van der Waals surface area contributed by atoms with E-state index >= 15 is 0 Å². The van der Waals surface area contributed by atoms with Gasteiger partial charge >= 0.3 is 5.97 Å². The molecule has 1 aliphatic carbocycles. The molecule has 0 spiro atoms. The maximum atomic E-state index is 11.9. The van der Waals surface area contributed by atoms with Crippen molar-refractivity contribution in [3.05, 3.63) is 48.0 Å². The number of methoxy groups -OCH3 is 1. The van der Waals surface area contributed by atoms with Crippen LogP contribution in [0.5, 0.6) is 0 Å². The lowest BCUT2D eigenvalue weighted by Gasteiger charge is -2.14. The Hall–Kier alpha value is -1.83. The van der Waals surface area contributed by atoms with Crippen molar-refractivity contribution in [3.8, 4) is 0 Å². The monoisotopic (exact) mass is 240 g/mol. The lowest BCUT2D eigenvalue weighted by molar-refractivity contribution is -0.143. The van der Waals surface area contributed by atoms with Crippen molar-refractivity contribution < 1.29 is 9.53 Å². The van der Waals surface area contributed by atoms with Gasteiger partial charge in [-0.25, -0.2) is 0 Å². The van der Waals surface area contributed by atoms with Crippen molar-refractivity contribution in [3.63, 3.8) is 0 Å². The van der Waals surface area contributed by atoms with E-state index in [1.807, 2.05) is 12.1 Å². The van der Waals surface area contributed by atoms with E-state index in [4.69, 9.17) is 4.74 Å². The summed E-state index contributed by atoms with van der Waals surface area (Å²) in [5.41, 5.74) is 1.09. The quantitative estimate of drug-likeness (QED) is 0.767. The lowest BCUT2D eigenvalue weighted by atomic mass is 9.92. The summed E-state index contributed by atoms with van der Waals surface area (Å²) < 4.78 is 4.94. The van der Waals surface area contributed by atoms with E-state index in [1.54, 1.807) is 0 Å². The first-order valence-electron chi connectivity index (χ1n) is 6.36. The molecule has 1 aliphatic rings. The van der Waals surface area contributed by atoms with E-state index in [0.29, 0.717) is 5.92 Å². The van der Waals surface area contributed by atoms with Crippen LogP contribution in [0.15, 0.2) is 42.5 Å². The molecule has 0 saturated heterocycles. The third-order valence-electron chi connectivity index (χ3n) is 3.68. The number of hydrogen-bond acceptors (Lipinski definition) is 2. The van der Waals surface area contributed by atoms with Gasteiger partial charge in [-0.3, -0.25) is 4.79 Å². The molecule has 0 bridgehead atoms. The second-order valence-electron chi connectivity index (χ2n) is 4.94. The third kappa shape index (κ3) is 1.99. The fraction of sp³-hybridized carbons (Fsp3) is 0.312. The van der Waals surface area contributed by atoms with Crippen LogP contribution in [0.25, 0.3) is 10.8 Å². The summed E-state index contributed by atoms with van der Waals surface area (Å²) in [6, 6.07) is 14.5. The van der Waals surface area contributed by atoms with Crippen LogP contribution >= 0.6 is 0 Å². The zero-order valence-corrected chi connectivity index (χ0v) is 10.4. The molecule has 3 rings (SSSR count). The van der Waals surface area contributed by atoms with Crippen LogP contribution in [-0.4, -0.2) is 13.1 Å².